The number of methoxy groups -OCH3 is 3. The Hall–Kier alpha value is -2.94. The lowest BCUT2D eigenvalue weighted by molar-refractivity contribution is -0.116. The third-order valence-electron chi connectivity index (χ3n) is 5.99. The standard InChI is InChI=1S/C24H29N3O5S/c1-5-6-10-33-24-26-22-20(23(29)27-24)18(19-14(25-22)8-7-9-15(19)28)13-11-16(30-2)21(32-4)17(12-13)31-3/h11-12,18H,5-10H2,1-4H3,(H2,25,26,27,29)/t18-/m0/s1. The van der Waals surface area contributed by atoms with Crippen molar-refractivity contribution in [2.45, 2.75) is 50.1 Å². The van der Waals surface area contributed by atoms with Crippen molar-refractivity contribution in [1.29, 1.82) is 0 Å². The molecule has 4 rings (SSSR count). The molecule has 2 heterocycles. The number of nitrogens with zero attached hydrogens (tertiary/aromatic N) is 1. The number of carbonyl (C=O) groups is 1. The zero-order chi connectivity index (χ0) is 23.5. The summed E-state index contributed by atoms with van der Waals surface area (Å²) in [5.41, 5.74) is 2.34. The van der Waals surface area contributed by atoms with Crippen LogP contribution in [0.4, 0.5) is 5.82 Å². The van der Waals surface area contributed by atoms with Crippen molar-refractivity contribution in [3.63, 3.8) is 0 Å². The highest BCUT2D eigenvalue weighted by molar-refractivity contribution is 7.99. The summed E-state index contributed by atoms with van der Waals surface area (Å²) in [6.07, 6.45) is 4.06. The summed E-state index contributed by atoms with van der Waals surface area (Å²) in [7, 11) is 4.63. The Bertz CT molecular complexity index is 1130. The average Bonchev–Trinajstić information content (AvgIpc) is 2.82. The number of anilines is 1. The Balaban J connectivity index is 1.91. The fourth-order valence-corrected chi connectivity index (χ4v) is 5.37. The molecule has 0 spiro atoms. The fourth-order valence-electron chi connectivity index (χ4n) is 4.42. The van der Waals surface area contributed by atoms with Crippen LogP contribution in [-0.4, -0.2) is 42.8 Å². The van der Waals surface area contributed by atoms with Gasteiger partial charge >= 0.3 is 0 Å². The first-order valence-electron chi connectivity index (χ1n) is 11.1. The average molecular weight is 472 g/mol. The van der Waals surface area contributed by atoms with Gasteiger partial charge in [-0.3, -0.25) is 9.59 Å². The Labute approximate surface area is 197 Å². The predicted molar refractivity (Wildman–Crippen MR) is 128 cm³/mol. The van der Waals surface area contributed by atoms with Crippen molar-refractivity contribution in [3.05, 3.63) is 44.9 Å². The molecule has 0 saturated carbocycles. The Morgan fingerprint density at radius 3 is 2.45 bits per heavy atom. The van der Waals surface area contributed by atoms with Crippen LogP contribution in [0.5, 0.6) is 17.2 Å². The normalized spacial score (nSPS) is 17.2. The lowest BCUT2D eigenvalue weighted by Gasteiger charge is -2.33. The second-order valence-electron chi connectivity index (χ2n) is 8.02. The number of hydrogen-bond acceptors (Lipinski definition) is 8. The minimum Gasteiger partial charge on any atom is -0.493 e. The van der Waals surface area contributed by atoms with E-state index in [9.17, 15) is 9.59 Å². The monoisotopic (exact) mass is 471 g/mol. The van der Waals surface area contributed by atoms with E-state index in [-0.39, 0.29) is 11.3 Å². The van der Waals surface area contributed by atoms with E-state index in [2.05, 4.69) is 17.2 Å². The number of aromatic nitrogens is 2. The van der Waals surface area contributed by atoms with E-state index in [1.807, 2.05) is 0 Å². The number of ketones is 1. The molecule has 2 N–H and O–H groups in total. The molecule has 1 atom stereocenters. The maximum absolute atomic E-state index is 13.3. The maximum atomic E-state index is 13.3. The molecule has 1 aromatic heterocycles. The molecule has 0 unspecified atom stereocenters. The van der Waals surface area contributed by atoms with E-state index in [4.69, 9.17) is 19.2 Å². The Kier molecular flexibility index (Phi) is 6.97. The molecular formula is C24H29N3O5S. The van der Waals surface area contributed by atoms with E-state index >= 15 is 0 Å². The first kappa shape index (κ1) is 23.2. The maximum Gasteiger partial charge on any atom is 0.257 e. The molecule has 0 radical (unpaired) electrons. The zero-order valence-electron chi connectivity index (χ0n) is 19.4. The van der Waals surface area contributed by atoms with Crippen molar-refractivity contribution in [2.24, 2.45) is 0 Å². The highest BCUT2D eigenvalue weighted by Crippen LogP contribution is 2.47. The number of Topliss-reactive ketones (excluding diaryl/α,β-unsaturated/α-hetero) is 1. The largest absolute Gasteiger partial charge is 0.493 e. The van der Waals surface area contributed by atoms with Crippen LogP contribution in [0.3, 0.4) is 0 Å². The van der Waals surface area contributed by atoms with Crippen molar-refractivity contribution in [2.75, 3.05) is 32.4 Å². The Morgan fingerprint density at radius 2 is 1.82 bits per heavy atom. The number of benzene rings is 1. The summed E-state index contributed by atoms with van der Waals surface area (Å²) in [5.74, 6) is 2.22. The first-order chi connectivity index (χ1) is 16.0. The van der Waals surface area contributed by atoms with Gasteiger partial charge in [0.15, 0.2) is 22.4 Å². The molecule has 2 aliphatic rings. The van der Waals surface area contributed by atoms with Crippen molar-refractivity contribution in [1.82, 2.24) is 9.97 Å². The Morgan fingerprint density at radius 1 is 1.09 bits per heavy atom. The van der Waals surface area contributed by atoms with Crippen LogP contribution in [0.2, 0.25) is 0 Å². The van der Waals surface area contributed by atoms with Crippen LogP contribution >= 0.6 is 11.8 Å². The third kappa shape index (κ3) is 4.34. The van der Waals surface area contributed by atoms with Crippen LogP contribution in [0, 0.1) is 0 Å². The summed E-state index contributed by atoms with van der Waals surface area (Å²) in [6, 6.07) is 3.61. The number of hydrogen-bond donors (Lipinski definition) is 2. The van der Waals surface area contributed by atoms with Crippen LogP contribution in [0.15, 0.2) is 33.4 Å². The minimum absolute atomic E-state index is 0.0361. The minimum atomic E-state index is -0.580. The number of unbranched alkanes of at least 4 members (excludes halogenated alkanes) is 1. The number of rotatable bonds is 8. The molecule has 1 aliphatic heterocycles. The number of thioether (sulfide) groups is 1. The molecule has 176 valence electrons. The number of fused-ring (bicyclic) bond motifs is 1. The molecule has 33 heavy (non-hydrogen) atoms. The van der Waals surface area contributed by atoms with Gasteiger partial charge in [0, 0.05) is 29.4 Å². The third-order valence-corrected chi connectivity index (χ3v) is 6.95. The van der Waals surface area contributed by atoms with Crippen molar-refractivity contribution in [3.8, 4) is 17.2 Å². The van der Waals surface area contributed by atoms with Gasteiger partial charge in [-0.1, -0.05) is 25.1 Å². The lowest BCUT2D eigenvalue weighted by atomic mass is 9.76. The molecule has 0 bridgehead atoms. The van der Waals surface area contributed by atoms with E-state index < -0.39 is 5.92 Å². The summed E-state index contributed by atoms with van der Waals surface area (Å²) < 4.78 is 16.5. The van der Waals surface area contributed by atoms with E-state index in [0.717, 1.165) is 37.1 Å². The van der Waals surface area contributed by atoms with Gasteiger partial charge in [-0.15, -0.1) is 0 Å². The molecule has 8 nitrogen and oxygen atoms in total. The quantitative estimate of drug-likeness (QED) is 0.335. The van der Waals surface area contributed by atoms with Crippen molar-refractivity contribution >= 4 is 23.4 Å². The van der Waals surface area contributed by atoms with Gasteiger partial charge in [-0.2, -0.15) is 0 Å². The summed E-state index contributed by atoms with van der Waals surface area (Å²) >= 11 is 1.53. The molecule has 0 saturated heterocycles. The molecule has 1 aromatic carbocycles. The second-order valence-corrected chi connectivity index (χ2v) is 9.10. The van der Waals surface area contributed by atoms with Gasteiger partial charge in [0.25, 0.3) is 5.56 Å². The highest BCUT2D eigenvalue weighted by atomic mass is 32.2. The fraction of sp³-hybridized carbons (Fsp3) is 0.458. The summed E-state index contributed by atoms with van der Waals surface area (Å²) in [6.45, 7) is 2.13. The van der Waals surface area contributed by atoms with E-state index in [1.54, 1.807) is 26.4 Å². The summed E-state index contributed by atoms with van der Waals surface area (Å²) in [4.78, 5) is 34.1. The smallest absolute Gasteiger partial charge is 0.257 e. The van der Waals surface area contributed by atoms with Gasteiger partial charge in [0.1, 0.15) is 5.82 Å². The van der Waals surface area contributed by atoms with Crippen molar-refractivity contribution < 1.29 is 19.0 Å². The number of aromatic amines is 1. The topological polar surface area (TPSA) is 103 Å². The summed E-state index contributed by atoms with van der Waals surface area (Å²) in [5, 5.41) is 3.89. The number of H-pyrrole nitrogens is 1. The van der Waals surface area contributed by atoms with Crippen LogP contribution in [-0.2, 0) is 4.79 Å². The predicted octanol–water partition coefficient (Wildman–Crippen LogP) is 4.25. The first-order valence-corrected chi connectivity index (χ1v) is 12.1. The van der Waals surface area contributed by atoms with Gasteiger partial charge in [0.05, 0.1) is 26.9 Å². The lowest BCUT2D eigenvalue weighted by Crippen LogP contribution is -2.32. The van der Waals surface area contributed by atoms with E-state index in [0.29, 0.717) is 51.3 Å². The molecule has 2 aromatic rings. The number of allylic oxidation sites excluding steroid dienone is 2. The second kappa shape index (κ2) is 9.91. The van der Waals surface area contributed by atoms with Crippen LogP contribution in [0.25, 0.3) is 0 Å². The molecule has 0 fully saturated rings. The van der Waals surface area contributed by atoms with Gasteiger partial charge in [0.2, 0.25) is 5.75 Å². The van der Waals surface area contributed by atoms with Gasteiger partial charge < -0.3 is 24.5 Å². The molecular weight excluding hydrogens is 442 g/mol. The van der Waals surface area contributed by atoms with Crippen LogP contribution in [0.1, 0.15) is 56.1 Å². The molecule has 1 aliphatic carbocycles. The molecule has 0 amide bonds. The van der Waals surface area contributed by atoms with Crippen LogP contribution < -0.4 is 25.1 Å². The molecule has 9 heteroatoms. The van der Waals surface area contributed by atoms with Gasteiger partial charge in [-0.25, -0.2) is 4.98 Å². The highest BCUT2D eigenvalue weighted by Gasteiger charge is 2.38. The van der Waals surface area contributed by atoms with Gasteiger partial charge in [-0.05, 0) is 37.0 Å². The van der Waals surface area contributed by atoms with E-state index in [1.165, 1.54) is 18.9 Å². The zero-order valence-corrected chi connectivity index (χ0v) is 20.2. The SMILES string of the molecule is CCCCSc1nc2c(c(=O)[nH]1)[C@@H](c1cc(OC)c(OC)c(OC)c1)C1=C(CCCC1=O)N2. The number of carbonyl (C=O) groups excluding carboxylic acids is 1. The number of nitrogens with one attached hydrogen (secondary N) is 2. The number of ether oxygens (including phenoxy) is 3.